The Bertz CT molecular complexity index is 321. The van der Waals surface area contributed by atoms with Crippen LogP contribution in [0.25, 0.3) is 0 Å². The second-order valence-electron chi connectivity index (χ2n) is 5.83. The monoisotopic (exact) mass is 289 g/mol. The van der Waals surface area contributed by atoms with E-state index >= 15 is 0 Å². The van der Waals surface area contributed by atoms with Gasteiger partial charge in [0.1, 0.15) is 11.6 Å². The maximum atomic E-state index is 11.6. The van der Waals surface area contributed by atoms with E-state index in [0.717, 1.165) is 24.3 Å². The lowest BCUT2D eigenvalue weighted by molar-refractivity contribution is -0.140. The molecule has 110 valence electrons. The van der Waals surface area contributed by atoms with Gasteiger partial charge in [0.2, 0.25) is 0 Å². The number of amides is 1. The molecule has 0 aromatic rings. The van der Waals surface area contributed by atoms with Gasteiger partial charge in [0, 0.05) is 0 Å². The second-order valence-corrected chi connectivity index (χ2v) is 7.05. The van der Waals surface area contributed by atoms with E-state index in [1.54, 1.807) is 20.8 Å². The van der Waals surface area contributed by atoms with Crippen LogP contribution in [0.2, 0.25) is 0 Å². The van der Waals surface area contributed by atoms with Crippen molar-refractivity contribution in [3.05, 3.63) is 0 Å². The van der Waals surface area contributed by atoms with Crippen LogP contribution in [-0.2, 0) is 9.53 Å². The lowest BCUT2D eigenvalue weighted by Gasteiger charge is -2.26. The lowest BCUT2D eigenvalue weighted by Crippen LogP contribution is -2.44. The molecule has 0 radical (unpaired) electrons. The van der Waals surface area contributed by atoms with E-state index in [1.807, 2.05) is 11.8 Å². The molecule has 0 aromatic heterocycles. The zero-order valence-electron chi connectivity index (χ0n) is 11.8. The van der Waals surface area contributed by atoms with Gasteiger partial charge in [0.15, 0.2) is 0 Å². The van der Waals surface area contributed by atoms with Gasteiger partial charge in [-0.2, -0.15) is 11.8 Å². The standard InChI is InChI=1S/C13H23NO4S/c1-13(2,3)18-12(17)14-10(11(15)16)8-9-4-6-19-7-5-9/h9-10H,4-8H2,1-3H3,(H,14,17)(H,15,16)/t10-/m1/s1. The average Bonchev–Trinajstić information content (AvgIpc) is 2.26. The summed E-state index contributed by atoms with van der Waals surface area (Å²) in [5.41, 5.74) is -0.616. The highest BCUT2D eigenvalue weighted by Gasteiger charge is 2.27. The first-order valence-corrected chi connectivity index (χ1v) is 7.73. The molecular formula is C13H23NO4S. The van der Waals surface area contributed by atoms with Crippen molar-refractivity contribution in [2.45, 2.75) is 51.7 Å². The smallest absolute Gasteiger partial charge is 0.408 e. The minimum absolute atomic E-state index is 0.372. The van der Waals surface area contributed by atoms with Crippen LogP contribution in [0.5, 0.6) is 0 Å². The van der Waals surface area contributed by atoms with Gasteiger partial charge < -0.3 is 15.2 Å². The van der Waals surface area contributed by atoms with Crippen LogP contribution in [0.4, 0.5) is 4.79 Å². The zero-order chi connectivity index (χ0) is 14.5. The molecule has 1 aliphatic heterocycles. The molecule has 5 nitrogen and oxygen atoms in total. The van der Waals surface area contributed by atoms with Gasteiger partial charge >= 0.3 is 12.1 Å². The molecule has 6 heteroatoms. The largest absolute Gasteiger partial charge is 0.480 e. The molecule has 0 spiro atoms. The van der Waals surface area contributed by atoms with Crippen LogP contribution in [0, 0.1) is 5.92 Å². The number of hydrogen-bond acceptors (Lipinski definition) is 4. The molecule has 1 heterocycles. The van der Waals surface area contributed by atoms with E-state index in [2.05, 4.69) is 5.32 Å². The molecule has 1 fully saturated rings. The first-order valence-electron chi connectivity index (χ1n) is 6.58. The van der Waals surface area contributed by atoms with E-state index in [1.165, 1.54) is 0 Å². The minimum atomic E-state index is -0.996. The van der Waals surface area contributed by atoms with E-state index in [4.69, 9.17) is 4.74 Å². The number of aliphatic carboxylic acids is 1. The fourth-order valence-corrected chi connectivity index (χ4v) is 3.19. The van der Waals surface area contributed by atoms with Crippen LogP contribution in [0.1, 0.15) is 40.0 Å². The molecule has 1 amide bonds. The van der Waals surface area contributed by atoms with Gasteiger partial charge in [-0.1, -0.05) is 0 Å². The molecule has 0 saturated carbocycles. The number of carbonyl (C=O) groups excluding carboxylic acids is 1. The molecular weight excluding hydrogens is 266 g/mol. The number of carboxylic acid groups (broad SMARTS) is 1. The molecule has 1 atom stereocenters. The van der Waals surface area contributed by atoms with Gasteiger partial charge in [0.05, 0.1) is 0 Å². The van der Waals surface area contributed by atoms with Gasteiger partial charge in [-0.25, -0.2) is 9.59 Å². The summed E-state index contributed by atoms with van der Waals surface area (Å²) in [6.07, 6.45) is 1.86. The normalized spacial score (nSPS) is 18.7. The summed E-state index contributed by atoms with van der Waals surface area (Å²) < 4.78 is 5.09. The first kappa shape index (κ1) is 16.1. The Kier molecular flexibility index (Phi) is 5.97. The molecule has 0 aromatic carbocycles. The third kappa shape index (κ3) is 6.71. The Morgan fingerprint density at radius 2 is 1.95 bits per heavy atom. The van der Waals surface area contributed by atoms with Crippen LogP contribution < -0.4 is 5.32 Å². The number of ether oxygens (including phenoxy) is 1. The highest BCUT2D eigenvalue weighted by atomic mass is 32.2. The minimum Gasteiger partial charge on any atom is -0.480 e. The molecule has 1 saturated heterocycles. The summed E-state index contributed by atoms with van der Waals surface area (Å²) in [4.78, 5) is 22.8. The number of carbonyl (C=O) groups is 2. The van der Waals surface area contributed by atoms with Crippen LogP contribution in [0.15, 0.2) is 0 Å². The molecule has 0 unspecified atom stereocenters. The fourth-order valence-electron chi connectivity index (χ4n) is 1.99. The van der Waals surface area contributed by atoms with Crippen molar-refractivity contribution in [2.75, 3.05) is 11.5 Å². The van der Waals surface area contributed by atoms with E-state index < -0.39 is 23.7 Å². The Morgan fingerprint density at radius 1 is 1.37 bits per heavy atom. The Labute approximate surface area is 118 Å². The Hall–Kier alpha value is -0.910. The van der Waals surface area contributed by atoms with Crippen LogP contribution in [0.3, 0.4) is 0 Å². The molecule has 0 aliphatic carbocycles. The average molecular weight is 289 g/mol. The highest BCUT2D eigenvalue weighted by Crippen LogP contribution is 2.26. The van der Waals surface area contributed by atoms with Crippen molar-refractivity contribution in [2.24, 2.45) is 5.92 Å². The molecule has 1 aliphatic rings. The van der Waals surface area contributed by atoms with Gasteiger partial charge in [-0.15, -0.1) is 0 Å². The van der Waals surface area contributed by atoms with Crippen molar-refractivity contribution in [1.82, 2.24) is 5.32 Å². The third-order valence-corrected chi connectivity index (χ3v) is 3.95. The highest BCUT2D eigenvalue weighted by molar-refractivity contribution is 7.99. The Morgan fingerprint density at radius 3 is 2.42 bits per heavy atom. The lowest BCUT2D eigenvalue weighted by atomic mass is 9.94. The Balaban J connectivity index is 2.48. The quantitative estimate of drug-likeness (QED) is 0.831. The first-order chi connectivity index (χ1) is 8.78. The van der Waals surface area contributed by atoms with E-state index in [-0.39, 0.29) is 0 Å². The summed E-state index contributed by atoms with van der Waals surface area (Å²) in [6, 6.07) is -0.858. The number of carboxylic acids is 1. The summed E-state index contributed by atoms with van der Waals surface area (Å²) in [7, 11) is 0. The van der Waals surface area contributed by atoms with Crippen LogP contribution in [-0.4, -0.2) is 40.3 Å². The topological polar surface area (TPSA) is 75.6 Å². The fraction of sp³-hybridized carbons (Fsp3) is 0.846. The molecule has 0 bridgehead atoms. The van der Waals surface area contributed by atoms with E-state index in [0.29, 0.717) is 12.3 Å². The molecule has 2 N–H and O–H groups in total. The van der Waals surface area contributed by atoms with Gasteiger partial charge in [0.25, 0.3) is 0 Å². The number of hydrogen-bond donors (Lipinski definition) is 2. The van der Waals surface area contributed by atoms with Crippen molar-refractivity contribution in [3.63, 3.8) is 0 Å². The summed E-state index contributed by atoms with van der Waals surface area (Å²) in [5, 5.41) is 11.6. The summed E-state index contributed by atoms with van der Waals surface area (Å²) in [6.45, 7) is 5.25. The number of thioether (sulfide) groups is 1. The summed E-state index contributed by atoms with van der Waals surface area (Å²) >= 11 is 1.90. The zero-order valence-corrected chi connectivity index (χ0v) is 12.6. The predicted molar refractivity (Wildman–Crippen MR) is 75.5 cm³/mol. The maximum Gasteiger partial charge on any atom is 0.408 e. The SMILES string of the molecule is CC(C)(C)OC(=O)N[C@H](CC1CCSCC1)C(=O)O. The van der Waals surface area contributed by atoms with E-state index in [9.17, 15) is 14.7 Å². The third-order valence-electron chi connectivity index (χ3n) is 2.90. The number of alkyl carbamates (subject to hydrolysis) is 1. The number of rotatable bonds is 4. The number of nitrogens with one attached hydrogen (secondary N) is 1. The maximum absolute atomic E-state index is 11.6. The van der Waals surface area contributed by atoms with Gasteiger partial charge in [-0.05, 0) is 57.5 Å². The van der Waals surface area contributed by atoms with Crippen molar-refractivity contribution >= 4 is 23.8 Å². The van der Waals surface area contributed by atoms with Crippen LogP contribution >= 0.6 is 11.8 Å². The van der Waals surface area contributed by atoms with Crippen molar-refractivity contribution < 1.29 is 19.4 Å². The molecule has 1 rings (SSSR count). The van der Waals surface area contributed by atoms with Gasteiger partial charge in [-0.3, -0.25) is 0 Å². The van der Waals surface area contributed by atoms with Crippen molar-refractivity contribution in [1.29, 1.82) is 0 Å². The predicted octanol–water partition coefficient (Wildman–Crippen LogP) is 2.50. The second kappa shape index (κ2) is 7.03. The summed E-state index contributed by atoms with van der Waals surface area (Å²) in [5.74, 6) is 1.52. The molecule has 19 heavy (non-hydrogen) atoms. The van der Waals surface area contributed by atoms with Crippen molar-refractivity contribution in [3.8, 4) is 0 Å².